The van der Waals surface area contributed by atoms with Crippen molar-refractivity contribution in [2.75, 3.05) is 5.33 Å². The van der Waals surface area contributed by atoms with Gasteiger partial charge in [0.25, 0.3) is 0 Å². The fraction of sp³-hybridized carbons (Fsp3) is 0.500. The van der Waals surface area contributed by atoms with Crippen LogP contribution in [0.15, 0.2) is 23.8 Å². The van der Waals surface area contributed by atoms with Gasteiger partial charge in [0.1, 0.15) is 0 Å². The normalized spacial score (nSPS) is 13.0. The van der Waals surface area contributed by atoms with Crippen LogP contribution in [0.1, 0.15) is 20.3 Å². The fourth-order valence-electron chi connectivity index (χ4n) is 0.428. The maximum atomic E-state index is 3.35. The van der Waals surface area contributed by atoms with Gasteiger partial charge in [0.15, 0.2) is 0 Å². The number of alkyl halides is 1. The summed E-state index contributed by atoms with van der Waals surface area (Å²) in [6.45, 7) is 4.15. The second kappa shape index (κ2) is 6.09. The highest BCUT2D eigenvalue weighted by atomic mass is 79.9. The van der Waals surface area contributed by atoms with E-state index in [2.05, 4.69) is 41.1 Å². The van der Waals surface area contributed by atoms with E-state index < -0.39 is 0 Å². The van der Waals surface area contributed by atoms with Gasteiger partial charge in [0, 0.05) is 5.33 Å². The first-order chi connectivity index (χ1) is 4.31. The molecule has 0 bridgehead atoms. The molecular formula is C8H13Br. The molecule has 0 aromatic heterocycles. The predicted molar refractivity (Wildman–Crippen MR) is 47.0 cm³/mol. The van der Waals surface area contributed by atoms with Crippen LogP contribution in [0.2, 0.25) is 0 Å². The highest BCUT2D eigenvalue weighted by Crippen LogP contribution is 1.96. The molecule has 0 rings (SSSR count). The first kappa shape index (κ1) is 8.96. The second-order valence-electron chi connectivity index (χ2n) is 1.91. The number of hydrogen-bond donors (Lipinski definition) is 0. The van der Waals surface area contributed by atoms with Crippen molar-refractivity contribution in [2.45, 2.75) is 20.3 Å². The summed E-state index contributed by atoms with van der Waals surface area (Å²) in [6.07, 6.45) is 7.53. The Morgan fingerprint density at radius 2 is 2.22 bits per heavy atom. The zero-order chi connectivity index (χ0) is 7.11. The molecule has 0 aliphatic heterocycles. The van der Waals surface area contributed by atoms with Crippen LogP contribution in [0.5, 0.6) is 0 Å². The molecule has 0 radical (unpaired) electrons. The molecule has 0 spiro atoms. The summed E-state index contributed by atoms with van der Waals surface area (Å²) in [6, 6.07) is 0. The SMILES string of the molecule is C/C=C(C)/C=C/CCBr. The molecule has 0 aliphatic carbocycles. The maximum absolute atomic E-state index is 3.35. The molecule has 0 unspecified atom stereocenters. The van der Waals surface area contributed by atoms with Crippen molar-refractivity contribution < 1.29 is 0 Å². The van der Waals surface area contributed by atoms with Crippen LogP contribution in [0.3, 0.4) is 0 Å². The Morgan fingerprint density at radius 1 is 1.56 bits per heavy atom. The summed E-state index contributed by atoms with van der Waals surface area (Å²) in [5.74, 6) is 0. The minimum atomic E-state index is 1.06. The molecule has 52 valence electrons. The highest BCUT2D eigenvalue weighted by molar-refractivity contribution is 9.09. The van der Waals surface area contributed by atoms with E-state index >= 15 is 0 Å². The first-order valence-corrected chi connectivity index (χ1v) is 4.29. The van der Waals surface area contributed by atoms with Gasteiger partial charge in [0.05, 0.1) is 0 Å². The van der Waals surface area contributed by atoms with Crippen LogP contribution in [-0.2, 0) is 0 Å². The van der Waals surface area contributed by atoms with E-state index in [1.54, 1.807) is 0 Å². The van der Waals surface area contributed by atoms with E-state index in [4.69, 9.17) is 0 Å². The van der Waals surface area contributed by atoms with Crippen molar-refractivity contribution in [3.63, 3.8) is 0 Å². The van der Waals surface area contributed by atoms with E-state index in [-0.39, 0.29) is 0 Å². The summed E-state index contributed by atoms with van der Waals surface area (Å²) in [5.41, 5.74) is 1.33. The van der Waals surface area contributed by atoms with Gasteiger partial charge in [0.2, 0.25) is 0 Å². The lowest BCUT2D eigenvalue weighted by molar-refractivity contribution is 1.25. The third-order valence-electron chi connectivity index (χ3n) is 1.11. The molecule has 0 aromatic rings. The fourth-order valence-corrected chi connectivity index (χ4v) is 0.693. The van der Waals surface area contributed by atoms with Crippen LogP contribution in [0.25, 0.3) is 0 Å². The van der Waals surface area contributed by atoms with Crippen LogP contribution in [0.4, 0.5) is 0 Å². The number of halogens is 1. The average Bonchev–Trinajstić information content (AvgIpc) is 1.89. The van der Waals surface area contributed by atoms with Gasteiger partial charge < -0.3 is 0 Å². The smallest absolute Gasteiger partial charge is 0.00660 e. The standard InChI is InChI=1S/C8H13Br/c1-3-8(2)6-4-5-7-9/h3-4,6H,5,7H2,1-2H3/b6-4+,8-3+. The van der Waals surface area contributed by atoms with Crippen molar-refractivity contribution in [3.05, 3.63) is 23.8 Å². The molecule has 0 fully saturated rings. The first-order valence-electron chi connectivity index (χ1n) is 3.16. The Bertz CT molecular complexity index is 112. The van der Waals surface area contributed by atoms with E-state index in [0.29, 0.717) is 0 Å². The summed E-state index contributed by atoms with van der Waals surface area (Å²) < 4.78 is 0. The van der Waals surface area contributed by atoms with Crippen molar-refractivity contribution in [3.8, 4) is 0 Å². The molecule has 9 heavy (non-hydrogen) atoms. The topological polar surface area (TPSA) is 0 Å². The molecule has 0 nitrogen and oxygen atoms in total. The molecule has 0 aliphatic rings. The molecular weight excluding hydrogens is 176 g/mol. The van der Waals surface area contributed by atoms with Crippen LogP contribution < -0.4 is 0 Å². The van der Waals surface area contributed by atoms with Crippen molar-refractivity contribution in [1.29, 1.82) is 0 Å². The predicted octanol–water partition coefficient (Wildman–Crippen LogP) is 3.29. The lowest BCUT2D eigenvalue weighted by Gasteiger charge is -1.86. The third kappa shape index (κ3) is 5.84. The maximum Gasteiger partial charge on any atom is 0.00660 e. The molecule has 1 heteroatoms. The Balaban J connectivity index is 3.45. The molecule has 0 aromatic carbocycles. The van der Waals surface area contributed by atoms with Gasteiger partial charge in [-0.3, -0.25) is 0 Å². The lowest BCUT2D eigenvalue weighted by atomic mass is 10.2. The quantitative estimate of drug-likeness (QED) is 0.472. The number of hydrogen-bond acceptors (Lipinski definition) is 0. The molecule has 0 amide bonds. The summed E-state index contributed by atoms with van der Waals surface area (Å²) in [5, 5.41) is 1.06. The largest absolute Gasteiger partial charge is 0.0925 e. The van der Waals surface area contributed by atoms with Crippen molar-refractivity contribution in [2.24, 2.45) is 0 Å². The Hall–Kier alpha value is -0.0400. The van der Waals surface area contributed by atoms with Crippen LogP contribution in [-0.4, -0.2) is 5.33 Å². The zero-order valence-electron chi connectivity index (χ0n) is 6.02. The van der Waals surface area contributed by atoms with Gasteiger partial charge in [-0.2, -0.15) is 0 Å². The second-order valence-corrected chi connectivity index (χ2v) is 2.71. The molecule has 0 N–H and O–H groups in total. The molecule has 0 saturated heterocycles. The lowest BCUT2D eigenvalue weighted by Crippen LogP contribution is -1.67. The summed E-state index contributed by atoms with van der Waals surface area (Å²) >= 11 is 3.35. The van der Waals surface area contributed by atoms with Crippen LogP contribution >= 0.6 is 15.9 Å². The van der Waals surface area contributed by atoms with Gasteiger partial charge in [-0.1, -0.05) is 39.7 Å². The van der Waals surface area contributed by atoms with Gasteiger partial charge in [-0.15, -0.1) is 0 Å². The third-order valence-corrected chi connectivity index (χ3v) is 1.57. The average molecular weight is 189 g/mol. The monoisotopic (exact) mass is 188 g/mol. The van der Waals surface area contributed by atoms with Gasteiger partial charge in [-0.05, 0) is 20.3 Å². The van der Waals surface area contributed by atoms with E-state index in [9.17, 15) is 0 Å². The van der Waals surface area contributed by atoms with E-state index in [0.717, 1.165) is 11.8 Å². The number of rotatable bonds is 3. The molecule has 0 saturated carbocycles. The Labute approximate surface area is 65.8 Å². The number of allylic oxidation sites excluding steroid dienone is 4. The highest BCUT2D eigenvalue weighted by Gasteiger charge is 1.76. The van der Waals surface area contributed by atoms with Crippen molar-refractivity contribution in [1.82, 2.24) is 0 Å². The minimum Gasteiger partial charge on any atom is -0.0925 e. The minimum absolute atomic E-state index is 1.06. The summed E-state index contributed by atoms with van der Waals surface area (Å²) in [7, 11) is 0. The van der Waals surface area contributed by atoms with Gasteiger partial charge >= 0.3 is 0 Å². The van der Waals surface area contributed by atoms with Crippen LogP contribution in [0, 0.1) is 0 Å². The Kier molecular flexibility index (Phi) is 6.06. The molecule has 0 heterocycles. The zero-order valence-corrected chi connectivity index (χ0v) is 7.61. The van der Waals surface area contributed by atoms with E-state index in [1.807, 2.05) is 6.92 Å². The van der Waals surface area contributed by atoms with Gasteiger partial charge in [-0.25, -0.2) is 0 Å². The molecule has 0 atom stereocenters. The van der Waals surface area contributed by atoms with Crippen molar-refractivity contribution >= 4 is 15.9 Å². The van der Waals surface area contributed by atoms with E-state index in [1.165, 1.54) is 5.57 Å². The Morgan fingerprint density at radius 3 is 2.67 bits per heavy atom. The summed E-state index contributed by atoms with van der Waals surface area (Å²) in [4.78, 5) is 0.